The van der Waals surface area contributed by atoms with Crippen LogP contribution < -0.4 is 9.64 Å². The van der Waals surface area contributed by atoms with Crippen molar-refractivity contribution >= 4 is 34.4 Å². The lowest BCUT2D eigenvalue weighted by atomic mass is 10.1. The third kappa shape index (κ3) is 6.62. The molecule has 0 saturated carbocycles. The molecule has 2 aliphatic rings. The fraction of sp³-hybridized carbons (Fsp3) is 0.485. The van der Waals surface area contributed by atoms with Crippen LogP contribution in [-0.4, -0.2) is 109 Å². The van der Waals surface area contributed by atoms with Gasteiger partial charge in [0.05, 0.1) is 42.1 Å². The molecule has 2 fully saturated rings. The molecule has 14 heteroatoms. The van der Waals surface area contributed by atoms with E-state index in [4.69, 9.17) is 24.5 Å². The number of ether oxygens (including phenoxy) is 2. The molecule has 0 bridgehead atoms. The number of hydrogen-bond acceptors (Lipinski definition) is 11. The van der Waals surface area contributed by atoms with Crippen molar-refractivity contribution in [1.82, 2.24) is 39.2 Å². The van der Waals surface area contributed by atoms with Gasteiger partial charge in [0, 0.05) is 37.5 Å². The molecule has 0 spiro atoms. The van der Waals surface area contributed by atoms with E-state index in [1.807, 2.05) is 43.9 Å². The second kappa shape index (κ2) is 13.0. The molecule has 3 aromatic heterocycles. The summed E-state index contributed by atoms with van der Waals surface area (Å²) in [6.07, 6.45) is 6.95. The zero-order chi connectivity index (χ0) is 33.3. The molecule has 6 rings (SSSR count). The van der Waals surface area contributed by atoms with Crippen molar-refractivity contribution in [1.29, 1.82) is 5.26 Å². The van der Waals surface area contributed by atoms with Gasteiger partial charge in [0.25, 0.3) is 0 Å². The van der Waals surface area contributed by atoms with Crippen molar-refractivity contribution in [3.63, 3.8) is 0 Å². The third-order valence-electron chi connectivity index (χ3n) is 8.68. The van der Waals surface area contributed by atoms with Gasteiger partial charge in [-0.3, -0.25) is 4.79 Å². The summed E-state index contributed by atoms with van der Waals surface area (Å²) in [6, 6.07) is 8.09. The number of fused-ring (bicyclic) bond motifs is 2. The number of hydrogen-bond donors (Lipinski definition) is 0. The Morgan fingerprint density at radius 2 is 2.00 bits per heavy atom. The smallest absolute Gasteiger partial charge is 0.435 e. The number of amides is 1. The molecule has 0 radical (unpaired) electrons. The van der Waals surface area contributed by atoms with Crippen LogP contribution in [0, 0.1) is 11.3 Å². The van der Waals surface area contributed by atoms with Gasteiger partial charge in [0.2, 0.25) is 5.91 Å². The number of imidazole rings is 1. The van der Waals surface area contributed by atoms with Gasteiger partial charge in [-0.2, -0.15) is 20.0 Å². The Labute approximate surface area is 273 Å². The molecule has 0 aliphatic carbocycles. The maximum atomic E-state index is 12.9. The first-order valence-electron chi connectivity index (χ1n) is 15.9. The number of nitrogens with zero attached hydrogens (tertiary/aromatic N) is 10. The maximum absolute atomic E-state index is 12.9. The molecule has 0 N–H and O–H groups in total. The molecule has 1 amide bonds. The van der Waals surface area contributed by atoms with Crippen LogP contribution in [0.3, 0.4) is 0 Å². The number of aromatic nitrogens is 6. The minimum absolute atomic E-state index is 0.176. The Morgan fingerprint density at radius 3 is 2.72 bits per heavy atom. The van der Waals surface area contributed by atoms with E-state index in [-0.39, 0.29) is 30.4 Å². The summed E-state index contributed by atoms with van der Waals surface area (Å²) in [5.74, 6) is 0.375. The molecule has 2 aliphatic heterocycles. The van der Waals surface area contributed by atoms with Crippen molar-refractivity contribution in [2.75, 3.05) is 44.7 Å². The Balaban J connectivity index is 1.35. The van der Waals surface area contributed by atoms with Crippen LogP contribution >= 0.6 is 0 Å². The maximum Gasteiger partial charge on any atom is 0.435 e. The van der Waals surface area contributed by atoms with E-state index in [1.165, 1.54) is 10.8 Å². The standard InChI is InChI=1S/C33H40N10O4/c1-6-28(44)41-16-15-40(20-23(41)12-13-34)30-29-35-18-25(42(29)38-31(37-30)46-21-24-10-8-14-39(24)5)17-22-9-7-11-27-26(22)19-36-43(27)32(45)47-33(2,3)4/h6-7,9,11,18-19,23-24H,1,8,10,12,14-17,20-21H2,2-5H3/t23-,24-/m0/s1. The van der Waals surface area contributed by atoms with E-state index >= 15 is 0 Å². The monoisotopic (exact) mass is 640 g/mol. The van der Waals surface area contributed by atoms with E-state index in [0.717, 1.165) is 36.0 Å². The topological polar surface area (TPSA) is 147 Å². The second-order valence-electron chi connectivity index (χ2n) is 13.1. The molecular weight excluding hydrogens is 600 g/mol. The third-order valence-corrected chi connectivity index (χ3v) is 8.68. The predicted molar refractivity (Wildman–Crippen MR) is 174 cm³/mol. The van der Waals surface area contributed by atoms with Crippen molar-refractivity contribution in [3.8, 4) is 12.1 Å². The van der Waals surface area contributed by atoms with Crippen molar-refractivity contribution < 1.29 is 19.1 Å². The quantitative estimate of drug-likeness (QED) is 0.261. The predicted octanol–water partition coefficient (Wildman–Crippen LogP) is 3.44. The fourth-order valence-corrected chi connectivity index (χ4v) is 6.29. The minimum atomic E-state index is -0.656. The molecule has 2 saturated heterocycles. The first-order valence-corrected chi connectivity index (χ1v) is 15.9. The van der Waals surface area contributed by atoms with E-state index < -0.39 is 11.7 Å². The van der Waals surface area contributed by atoms with Gasteiger partial charge in [0.1, 0.15) is 12.2 Å². The number of likely N-dealkylation sites (N-methyl/N-ethyl adjacent to an activating group) is 1. The molecule has 0 unspecified atom stereocenters. The highest BCUT2D eigenvalue weighted by molar-refractivity contribution is 5.90. The van der Waals surface area contributed by atoms with Crippen LogP contribution in [-0.2, 0) is 16.0 Å². The zero-order valence-corrected chi connectivity index (χ0v) is 27.3. The number of rotatable bonds is 8. The molecule has 1 aromatic carbocycles. The van der Waals surface area contributed by atoms with E-state index in [0.29, 0.717) is 49.6 Å². The van der Waals surface area contributed by atoms with Crippen molar-refractivity contribution in [2.45, 2.75) is 64.1 Å². The van der Waals surface area contributed by atoms with Gasteiger partial charge in [-0.15, -0.1) is 5.10 Å². The lowest BCUT2D eigenvalue weighted by molar-refractivity contribution is -0.128. The summed E-state index contributed by atoms with van der Waals surface area (Å²) in [5, 5.41) is 19.5. The fourth-order valence-electron chi connectivity index (χ4n) is 6.29. The highest BCUT2D eigenvalue weighted by atomic mass is 16.6. The molecule has 14 nitrogen and oxygen atoms in total. The second-order valence-corrected chi connectivity index (χ2v) is 13.1. The van der Waals surface area contributed by atoms with Crippen molar-refractivity contribution in [2.24, 2.45) is 0 Å². The van der Waals surface area contributed by atoms with Crippen LogP contribution in [0.2, 0.25) is 0 Å². The van der Waals surface area contributed by atoms with Gasteiger partial charge in [-0.05, 0) is 64.9 Å². The summed E-state index contributed by atoms with van der Waals surface area (Å²) < 4.78 is 14.8. The van der Waals surface area contributed by atoms with Crippen LogP contribution in [0.1, 0.15) is 51.3 Å². The Kier molecular flexibility index (Phi) is 8.83. The Morgan fingerprint density at radius 1 is 1.17 bits per heavy atom. The van der Waals surface area contributed by atoms with Crippen molar-refractivity contribution in [3.05, 3.63) is 54.5 Å². The number of carbonyl (C=O) groups is 2. The molecule has 246 valence electrons. The molecule has 2 atom stereocenters. The van der Waals surface area contributed by atoms with Gasteiger partial charge >= 0.3 is 12.1 Å². The number of piperazine rings is 1. The minimum Gasteiger partial charge on any atom is -0.461 e. The first kappa shape index (κ1) is 31.9. The zero-order valence-electron chi connectivity index (χ0n) is 27.3. The summed E-state index contributed by atoms with van der Waals surface area (Å²) in [7, 11) is 2.09. The number of carbonyl (C=O) groups excluding carboxylic acids is 2. The highest BCUT2D eigenvalue weighted by Gasteiger charge is 2.32. The number of benzene rings is 1. The van der Waals surface area contributed by atoms with Gasteiger partial charge in [0.15, 0.2) is 11.5 Å². The van der Waals surface area contributed by atoms with Gasteiger partial charge in [-0.1, -0.05) is 18.7 Å². The normalized spacial score (nSPS) is 18.9. The number of nitriles is 1. The van der Waals surface area contributed by atoms with Gasteiger partial charge in [-0.25, -0.2) is 14.3 Å². The average molecular weight is 641 g/mol. The van der Waals surface area contributed by atoms with E-state index in [1.54, 1.807) is 21.8 Å². The average Bonchev–Trinajstić information content (AvgIpc) is 3.77. The van der Waals surface area contributed by atoms with Crippen LogP contribution in [0.4, 0.5) is 10.6 Å². The molecule has 4 aromatic rings. The lowest BCUT2D eigenvalue weighted by Gasteiger charge is -2.40. The van der Waals surface area contributed by atoms with E-state index in [2.05, 4.69) is 29.7 Å². The van der Waals surface area contributed by atoms with Crippen LogP contribution in [0.15, 0.2) is 43.2 Å². The molecule has 5 heterocycles. The lowest BCUT2D eigenvalue weighted by Crippen LogP contribution is -2.55. The van der Waals surface area contributed by atoms with Gasteiger partial charge < -0.3 is 24.2 Å². The summed E-state index contributed by atoms with van der Waals surface area (Å²) in [5.41, 5.74) is 2.25. The number of anilines is 1. The van der Waals surface area contributed by atoms with Crippen LogP contribution in [0.5, 0.6) is 6.01 Å². The van der Waals surface area contributed by atoms with E-state index in [9.17, 15) is 14.9 Å². The Bertz CT molecular complexity index is 1850. The Hall–Kier alpha value is -5.03. The van der Waals surface area contributed by atoms with Crippen LogP contribution in [0.25, 0.3) is 16.6 Å². The molecular formula is C33H40N10O4. The first-order chi connectivity index (χ1) is 22.6. The highest BCUT2D eigenvalue weighted by Crippen LogP contribution is 2.28. The molecule has 47 heavy (non-hydrogen) atoms. The summed E-state index contributed by atoms with van der Waals surface area (Å²) >= 11 is 0. The largest absolute Gasteiger partial charge is 0.461 e. The number of likely N-dealkylation sites (tertiary alicyclic amines) is 1. The summed E-state index contributed by atoms with van der Waals surface area (Å²) in [6.45, 7) is 11.9. The SMILES string of the molecule is C=CC(=O)N1CCN(c2nc(OC[C@@H]3CCCN3C)nn3c(Cc4cccc5c4cnn5C(=O)OC(C)(C)C)cnc23)C[C@@H]1CC#N. The summed E-state index contributed by atoms with van der Waals surface area (Å²) in [4.78, 5) is 41.0.